The van der Waals surface area contributed by atoms with Gasteiger partial charge in [0, 0.05) is 25.4 Å². The fourth-order valence-electron chi connectivity index (χ4n) is 1.47. The molecule has 2 nitrogen and oxygen atoms in total. The van der Waals surface area contributed by atoms with Crippen LogP contribution >= 0.6 is 0 Å². The van der Waals surface area contributed by atoms with E-state index in [4.69, 9.17) is 4.74 Å². The molecule has 0 radical (unpaired) electrons. The monoisotopic (exact) mass is 207 g/mol. The van der Waals surface area contributed by atoms with Gasteiger partial charge < -0.3 is 10.1 Å². The first-order valence-electron chi connectivity index (χ1n) is 5.63. The number of anilines is 1. The second-order valence-corrected chi connectivity index (χ2v) is 3.80. The molecule has 1 aromatic carbocycles. The Labute approximate surface area is 92.6 Å². The van der Waals surface area contributed by atoms with Crippen molar-refractivity contribution in [3.63, 3.8) is 0 Å². The molecule has 1 aromatic rings. The summed E-state index contributed by atoms with van der Waals surface area (Å²) >= 11 is 0. The lowest BCUT2D eigenvalue weighted by Gasteiger charge is -2.10. The van der Waals surface area contributed by atoms with Crippen LogP contribution in [-0.2, 0) is 4.74 Å². The zero-order chi connectivity index (χ0) is 11.1. The molecule has 1 rings (SSSR count). The van der Waals surface area contributed by atoms with Gasteiger partial charge in [-0.3, -0.25) is 0 Å². The Morgan fingerprint density at radius 2 is 2.07 bits per heavy atom. The van der Waals surface area contributed by atoms with Gasteiger partial charge in [-0.05, 0) is 44.4 Å². The van der Waals surface area contributed by atoms with Gasteiger partial charge in [0.15, 0.2) is 0 Å². The van der Waals surface area contributed by atoms with Gasteiger partial charge in [0.25, 0.3) is 0 Å². The van der Waals surface area contributed by atoms with Crippen LogP contribution in [0.3, 0.4) is 0 Å². The zero-order valence-corrected chi connectivity index (χ0v) is 9.97. The lowest BCUT2D eigenvalue weighted by atomic mass is 10.1. The molecule has 0 atom stereocenters. The predicted octanol–water partition coefficient (Wildman–Crippen LogP) is 3.14. The average molecular weight is 207 g/mol. The molecule has 0 aliphatic heterocycles. The van der Waals surface area contributed by atoms with Crippen molar-refractivity contribution in [2.45, 2.75) is 27.2 Å². The van der Waals surface area contributed by atoms with Crippen LogP contribution in [0.4, 0.5) is 5.69 Å². The van der Waals surface area contributed by atoms with Crippen molar-refractivity contribution in [3.05, 3.63) is 29.3 Å². The number of nitrogens with one attached hydrogen (secondary N) is 1. The highest BCUT2D eigenvalue weighted by atomic mass is 16.5. The van der Waals surface area contributed by atoms with Gasteiger partial charge in [-0.1, -0.05) is 12.1 Å². The molecule has 84 valence electrons. The van der Waals surface area contributed by atoms with E-state index in [-0.39, 0.29) is 0 Å². The molecule has 0 amide bonds. The van der Waals surface area contributed by atoms with E-state index in [1.54, 1.807) is 0 Å². The standard InChI is InChI=1S/C13H21NO/c1-4-15-9-5-8-14-13-10-11(2)6-7-12(13)3/h6-7,10,14H,4-5,8-9H2,1-3H3. The second-order valence-electron chi connectivity index (χ2n) is 3.80. The largest absolute Gasteiger partial charge is 0.385 e. The SMILES string of the molecule is CCOCCCNc1cc(C)ccc1C. The van der Waals surface area contributed by atoms with Crippen molar-refractivity contribution in [2.24, 2.45) is 0 Å². The maximum Gasteiger partial charge on any atom is 0.0482 e. The molecule has 0 heterocycles. The van der Waals surface area contributed by atoms with E-state index in [0.717, 1.165) is 26.2 Å². The lowest BCUT2D eigenvalue weighted by Crippen LogP contribution is -2.06. The Kier molecular flexibility index (Phi) is 5.19. The molecule has 0 aromatic heterocycles. The minimum atomic E-state index is 0.809. The van der Waals surface area contributed by atoms with Crippen LogP contribution in [0.5, 0.6) is 0 Å². The summed E-state index contributed by atoms with van der Waals surface area (Å²) in [7, 11) is 0. The minimum absolute atomic E-state index is 0.809. The number of hydrogen-bond donors (Lipinski definition) is 1. The van der Waals surface area contributed by atoms with E-state index >= 15 is 0 Å². The Morgan fingerprint density at radius 1 is 1.27 bits per heavy atom. The quantitative estimate of drug-likeness (QED) is 0.724. The summed E-state index contributed by atoms with van der Waals surface area (Å²) < 4.78 is 5.29. The third-order valence-corrected chi connectivity index (χ3v) is 2.38. The van der Waals surface area contributed by atoms with E-state index in [2.05, 4.69) is 37.4 Å². The highest BCUT2D eigenvalue weighted by Crippen LogP contribution is 2.15. The molecule has 0 aliphatic rings. The molecular formula is C13H21NO. The van der Waals surface area contributed by atoms with E-state index < -0.39 is 0 Å². The Bertz CT molecular complexity index is 297. The molecule has 15 heavy (non-hydrogen) atoms. The number of rotatable bonds is 6. The number of ether oxygens (including phenoxy) is 1. The number of hydrogen-bond acceptors (Lipinski definition) is 2. The van der Waals surface area contributed by atoms with Gasteiger partial charge in [0.05, 0.1) is 0 Å². The van der Waals surface area contributed by atoms with Gasteiger partial charge in [0.2, 0.25) is 0 Å². The minimum Gasteiger partial charge on any atom is -0.385 e. The van der Waals surface area contributed by atoms with Crippen molar-refractivity contribution < 1.29 is 4.74 Å². The second kappa shape index (κ2) is 6.46. The molecule has 0 saturated heterocycles. The molecular weight excluding hydrogens is 186 g/mol. The van der Waals surface area contributed by atoms with E-state index in [0.29, 0.717) is 0 Å². The first kappa shape index (κ1) is 12.1. The van der Waals surface area contributed by atoms with Crippen LogP contribution < -0.4 is 5.32 Å². The highest BCUT2D eigenvalue weighted by Gasteiger charge is 1.97. The van der Waals surface area contributed by atoms with Gasteiger partial charge in [0.1, 0.15) is 0 Å². The number of aryl methyl sites for hydroxylation is 2. The third kappa shape index (κ3) is 4.34. The van der Waals surface area contributed by atoms with Gasteiger partial charge in [-0.2, -0.15) is 0 Å². The maximum absolute atomic E-state index is 5.29. The molecule has 0 bridgehead atoms. The molecule has 0 saturated carbocycles. The fourth-order valence-corrected chi connectivity index (χ4v) is 1.47. The smallest absolute Gasteiger partial charge is 0.0482 e. The summed E-state index contributed by atoms with van der Waals surface area (Å²) in [5, 5.41) is 3.43. The summed E-state index contributed by atoms with van der Waals surface area (Å²) in [5.74, 6) is 0. The topological polar surface area (TPSA) is 21.3 Å². The van der Waals surface area contributed by atoms with E-state index in [1.165, 1.54) is 16.8 Å². The predicted molar refractivity (Wildman–Crippen MR) is 65.5 cm³/mol. The zero-order valence-electron chi connectivity index (χ0n) is 9.97. The van der Waals surface area contributed by atoms with Crippen LogP contribution in [-0.4, -0.2) is 19.8 Å². The lowest BCUT2D eigenvalue weighted by molar-refractivity contribution is 0.147. The van der Waals surface area contributed by atoms with Crippen molar-refractivity contribution in [1.82, 2.24) is 0 Å². The van der Waals surface area contributed by atoms with Crippen LogP contribution in [0.25, 0.3) is 0 Å². The first-order chi connectivity index (χ1) is 7.24. The van der Waals surface area contributed by atoms with Crippen LogP contribution in [0.1, 0.15) is 24.5 Å². The van der Waals surface area contributed by atoms with Crippen molar-refractivity contribution >= 4 is 5.69 Å². The number of benzene rings is 1. The molecule has 0 fully saturated rings. The summed E-state index contributed by atoms with van der Waals surface area (Å²) in [4.78, 5) is 0. The third-order valence-electron chi connectivity index (χ3n) is 2.38. The van der Waals surface area contributed by atoms with Crippen LogP contribution in [0.15, 0.2) is 18.2 Å². The first-order valence-corrected chi connectivity index (χ1v) is 5.63. The van der Waals surface area contributed by atoms with Gasteiger partial charge in [-0.15, -0.1) is 0 Å². The molecule has 1 N–H and O–H groups in total. The Hall–Kier alpha value is -1.02. The van der Waals surface area contributed by atoms with Gasteiger partial charge in [-0.25, -0.2) is 0 Å². The Balaban J connectivity index is 2.33. The van der Waals surface area contributed by atoms with Crippen molar-refractivity contribution in [3.8, 4) is 0 Å². The summed E-state index contributed by atoms with van der Waals surface area (Å²) in [5.41, 5.74) is 3.84. The Morgan fingerprint density at radius 3 is 2.80 bits per heavy atom. The molecule has 0 unspecified atom stereocenters. The molecule has 0 aliphatic carbocycles. The normalized spacial score (nSPS) is 10.3. The summed E-state index contributed by atoms with van der Waals surface area (Å²) in [6.07, 6.45) is 1.06. The summed E-state index contributed by atoms with van der Waals surface area (Å²) in [6, 6.07) is 6.48. The van der Waals surface area contributed by atoms with E-state index in [1.807, 2.05) is 6.92 Å². The molecule has 2 heteroatoms. The molecule has 0 spiro atoms. The summed E-state index contributed by atoms with van der Waals surface area (Å²) in [6.45, 7) is 8.90. The van der Waals surface area contributed by atoms with Crippen molar-refractivity contribution in [1.29, 1.82) is 0 Å². The van der Waals surface area contributed by atoms with Crippen LogP contribution in [0, 0.1) is 13.8 Å². The van der Waals surface area contributed by atoms with E-state index in [9.17, 15) is 0 Å². The average Bonchev–Trinajstić information content (AvgIpc) is 2.23. The van der Waals surface area contributed by atoms with Gasteiger partial charge >= 0.3 is 0 Å². The fraction of sp³-hybridized carbons (Fsp3) is 0.538. The maximum atomic E-state index is 5.29. The highest BCUT2D eigenvalue weighted by molar-refractivity contribution is 5.52. The van der Waals surface area contributed by atoms with Crippen molar-refractivity contribution in [2.75, 3.05) is 25.1 Å². The van der Waals surface area contributed by atoms with Crippen LogP contribution in [0.2, 0.25) is 0 Å².